The summed E-state index contributed by atoms with van der Waals surface area (Å²) in [7, 11) is 0. The van der Waals surface area contributed by atoms with Crippen LogP contribution in [0.2, 0.25) is 0 Å². The minimum atomic E-state index is -0.172. The zero-order chi connectivity index (χ0) is 14.4. The molecule has 4 nitrogen and oxygen atoms in total. The van der Waals surface area contributed by atoms with Crippen LogP contribution in [0.15, 0.2) is 59.3 Å². The Morgan fingerprint density at radius 1 is 0.762 bits per heavy atom. The molecule has 1 aliphatic carbocycles. The molecule has 0 unspecified atom stereocenters. The predicted octanol–water partition coefficient (Wildman–Crippen LogP) is 3.12. The van der Waals surface area contributed by atoms with Crippen molar-refractivity contribution in [2.75, 3.05) is 0 Å². The molecule has 2 aromatic carbocycles. The van der Waals surface area contributed by atoms with E-state index in [0.29, 0.717) is 33.7 Å². The number of hydrogen-bond donors (Lipinski definition) is 0. The van der Waals surface area contributed by atoms with Crippen LogP contribution in [0.5, 0.6) is 0 Å². The van der Waals surface area contributed by atoms with Gasteiger partial charge in [-0.2, -0.15) is 0 Å². The van der Waals surface area contributed by atoms with Crippen LogP contribution in [0.4, 0.5) is 0 Å². The molecule has 0 radical (unpaired) electrons. The molecular formula is C17H9NO3. The Labute approximate surface area is 120 Å². The summed E-state index contributed by atoms with van der Waals surface area (Å²) in [6.07, 6.45) is 2.95. The Morgan fingerprint density at radius 3 is 2.14 bits per heavy atom. The fourth-order valence-corrected chi connectivity index (χ4v) is 2.68. The van der Waals surface area contributed by atoms with E-state index < -0.39 is 0 Å². The second kappa shape index (κ2) is 4.24. The van der Waals surface area contributed by atoms with Crippen LogP contribution < -0.4 is 0 Å². The van der Waals surface area contributed by atoms with E-state index >= 15 is 0 Å². The van der Waals surface area contributed by atoms with Crippen molar-refractivity contribution in [2.24, 2.45) is 0 Å². The number of oxazole rings is 1. The predicted molar refractivity (Wildman–Crippen MR) is 75.2 cm³/mol. The largest absolute Gasteiger partial charge is 0.445 e. The van der Waals surface area contributed by atoms with Gasteiger partial charge in [0.15, 0.2) is 11.6 Å². The lowest BCUT2D eigenvalue weighted by molar-refractivity contribution is 0.0979. The van der Waals surface area contributed by atoms with Gasteiger partial charge in [-0.3, -0.25) is 9.59 Å². The van der Waals surface area contributed by atoms with Gasteiger partial charge in [-0.1, -0.05) is 36.4 Å². The number of benzene rings is 2. The van der Waals surface area contributed by atoms with E-state index in [0.717, 1.165) is 0 Å². The van der Waals surface area contributed by atoms with Crippen molar-refractivity contribution < 1.29 is 14.0 Å². The lowest BCUT2D eigenvalue weighted by atomic mass is 9.82. The lowest BCUT2D eigenvalue weighted by Crippen LogP contribution is -2.21. The average Bonchev–Trinajstić information content (AvgIpc) is 3.06. The zero-order valence-electron chi connectivity index (χ0n) is 10.9. The van der Waals surface area contributed by atoms with Gasteiger partial charge in [-0.25, -0.2) is 4.98 Å². The first-order valence-corrected chi connectivity index (χ1v) is 6.48. The highest BCUT2D eigenvalue weighted by Crippen LogP contribution is 2.33. The van der Waals surface area contributed by atoms with Gasteiger partial charge < -0.3 is 4.42 Å². The first kappa shape index (κ1) is 11.8. The summed E-state index contributed by atoms with van der Waals surface area (Å²) in [5.41, 5.74) is 2.18. The van der Waals surface area contributed by atoms with Gasteiger partial charge in [0.2, 0.25) is 5.89 Å². The van der Waals surface area contributed by atoms with Crippen LogP contribution in [-0.2, 0) is 0 Å². The average molecular weight is 275 g/mol. The van der Waals surface area contributed by atoms with Gasteiger partial charge in [0.25, 0.3) is 0 Å². The molecule has 3 aromatic rings. The van der Waals surface area contributed by atoms with E-state index in [1.54, 1.807) is 42.5 Å². The summed E-state index contributed by atoms with van der Waals surface area (Å²) in [6, 6.07) is 12.0. The molecule has 0 aliphatic heterocycles. The van der Waals surface area contributed by atoms with Crippen LogP contribution in [0, 0.1) is 0 Å². The number of carbonyl (C=O) groups excluding carboxylic acids is 2. The summed E-state index contributed by atoms with van der Waals surface area (Å²) in [4.78, 5) is 29.4. The number of rotatable bonds is 1. The van der Waals surface area contributed by atoms with E-state index in [4.69, 9.17) is 4.42 Å². The van der Waals surface area contributed by atoms with E-state index in [2.05, 4.69) is 4.98 Å². The van der Waals surface area contributed by atoms with Crippen LogP contribution in [0.1, 0.15) is 31.8 Å². The number of aromatic nitrogens is 1. The van der Waals surface area contributed by atoms with E-state index in [-0.39, 0.29) is 11.6 Å². The molecule has 0 fully saturated rings. The number of carbonyl (C=O) groups is 2. The minimum absolute atomic E-state index is 0.145. The van der Waals surface area contributed by atoms with E-state index in [9.17, 15) is 9.59 Å². The minimum Gasteiger partial charge on any atom is -0.445 e. The van der Waals surface area contributed by atoms with E-state index in [1.807, 2.05) is 0 Å². The summed E-state index contributed by atoms with van der Waals surface area (Å²) < 4.78 is 5.28. The van der Waals surface area contributed by atoms with Gasteiger partial charge in [0.05, 0.1) is 6.20 Å². The maximum absolute atomic E-state index is 12.7. The van der Waals surface area contributed by atoms with Crippen LogP contribution in [-0.4, -0.2) is 16.6 Å². The molecule has 21 heavy (non-hydrogen) atoms. The molecule has 0 saturated heterocycles. The highest BCUT2D eigenvalue weighted by molar-refractivity contribution is 6.30. The second-order valence-corrected chi connectivity index (χ2v) is 4.77. The SMILES string of the molecule is O=C1c2ccccc2C(=O)c2c1cccc2-c1ncco1. The van der Waals surface area contributed by atoms with Crippen molar-refractivity contribution in [3.8, 4) is 11.5 Å². The number of nitrogens with zero attached hydrogens (tertiary/aromatic N) is 1. The van der Waals surface area contributed by atoms with Crippen molar-refractivity contribution in [2.45, 2.75) is 0 Å². The molecule has 0 amide bonds. The van der Waals surface area contributed by atoms with Gasteiger partial charge in [0, 0.05) is 27.8 Å². The number of hydrogen-bond acceptors (Lipinski definition) is 4. The Morgan fingerprint density at radius 2 is 1.43 bits per heavy atom. The Bertz CT molecular complexity index is 879. The van der Waals surface area contributed by atoms with E-state index in [1.165, 1.54) is 12.5 Å². The third kappa shape index (κ3) is 1.59. The van der Waals surface area contributed by atoms with Gasteiger partial charge in [-0.05, 0) is 6.07 Å². The first-order valence-electron chi connectivity index (χ1n) is 6.48. The summed E-state index contributed by atoms with van der Waals surface area (Å²) >= 11 is 0. The molecule has 0 atom stereocenters. The quantitative estimate of drug-likeness (QED) is 0.535. The van der Waals surface area contributed by atoms with Crippen LogP contribution >= 0.6 is 0 Å². The van der Waals surface area contributed by atoms with Crippen LogP contribution in [0.25, 0.3) is 11.5 Å². The van der Waals surface area contributed by atoms with Crippen molar-refractivity contribution in [3.63, 3.8) is 0 Å². The second-order valence-electron chi connectivity index (χ2n) is 4.77. The molecule has 1 aromatic heterocycles. The Balaban J connectivity index is 2.04. The fraction of sp³-hybridized carbons (Fsp3) is 0. The molecule has 0 saturated carbocycles. The zero-order valence-corrected chi connectivity index (χ0v) is 10.9. The standard InChI is InChI=1S/C17H9NO3/c19-15-10-4-1-2-5-11(10)16(20)14-12(15)6-3-7-13(14)17-18-8-9-21-17/h1-9H. The number of ketones is 2. The summed E-state index contributed by atoms with van der Waals surface area (Å²) in [5, 5.41) is 0. The summed E-state index contributed by atoms with van der Waals surface area (Å²) in [5.74, 6) is 0.0231. The van der Waals surface area contributed by atoms with Crippen molar-refractivity contribution in [1.29, 1.82) is 0 Å². The van der Waals surface area contributed by atoms with Gasteiger partial charge >= 0.3 is 0 Å². The van der Waals surface area contributed by atoms with Crippen molar-refractivity contribution in [3.05, 3.63) is 77.2 Å². The first-order chi connectivity index (χ1) is 10.3. The monoisotopic (exact) mass is 275 g/mol. The molecule has 0 spiro atoms. The molecule has 4 heteroatoms. The Hall–Kier alpha value is -3.01. The lowest BCUT2D eigenvalue weighted by Gasteiger charge is -2.18. The smallest absolute Gasteiger partial charge is 0.226 e. The summed E-state index contributed by atoms with van der Waals surface area (Å²) in [6.45, 7) is 0. The maximum atomic E-state index is 12.7. The van der Waals surface area contributed by atoms with Crippen molar-refractivity contribution >= 4 is 11.6 Å². The van der Waals surface area contributed by atoms with Gasteiger partial charge in [-0.15, -0.1) is 0 Å². The van der Waals surface area contributed by atoms with Crippen molar-refractivity contribution in [1.82, 2.24) is 4.98 Å². The topological polar surface area (TPSA) is 60.2 Å². The highest BCUT2D eigenvalue weighted by Gasteiger charge is 2.32. The maximum Gasteiger partial charge on any atom is 0.226 e. The highest BCUT2D eigenvalue weighted by atomic mass is 16.3. The van der Waals surface area contributed by atoms with Crippen LogP contribution in [0.3, 0.4) is 0 Å². The molecule has 0 N–H and O–H groups in total. The third-order valence-electron chi connectivity index (χ3n) is 3.62. The third-order valence-corrected chi connectivity index (χ3v) is 3.62. The molecule has 100 valence electrons. The molecule has 4 rings (SSSR count). The normalized spacial score (nSPS) is 13.0. The molecule has 1 aliphatic rings. The van der Waals surface area contributed by atoms with Gasteiger partial charge in [0.1, 0.15) is 6.26 Å². The Kier molecular flexibility index (Phi) is 2.38. The molecule has 1 heterocycles. The molecular weight excluding hydrogens is 266 g/mol. The molecule has 0 bridgehead atoms. The fourth-order valence-electron chi connectivity index (χ4n) is 2.68. The number of fused-ring (bicyclic) bond motifs is 2.